The Labute approximate surface area is 159 Å². The molecule has 1 unspecified atom stereocenters. The first-order chi connectivity index (χ1) is 12.4. The predicted octanol–water partition coefficient (Wildman–Crippen LogP) is 5.17. The second-order valence-electron chi connectivity index (χ2n) is 6.70. The van der Waals surface area contributed by atoms with Crippen molar-refractivity contribution < 1.29 is 4.74 Å². The molecule has 136 valence electrons. The summed E-state index contributed by atoms with van der Waals surface area (Å²) >= 11 is 1.69. The molecule has 4 nitrogen and oxygen atoms in total. The Morgan fingerprint density at radius 2 is 1.69 bits per heavy atom. The molecule has 1 aromatic heterocycles. The van der Waals surface area contributed by atoms with Crippen molar-refractivity contribution >= 4 is 11.8 Å². The van der Waals surface area contributed by atoms with Gasteiger partial charge in [-0.05, 0) is 44.9 Å². The highest BCUT2D eigenvalue weighted by Crippen LogP contribution is 2.27. The lowest BCUT2D eigenvalue weighted by atomic mass is 10.1. The average molecular weight is 368 g/mol. The number of aryl methyl sites for hydroxylation is 3. The summed E-state index contributed by atoms with van der Waals surface area (Å²) in [7, 11) is 1.99. The molecule has 0 spiro atoms. The largest absolute Gasteiger partial charge is 0.482 e. The topological polar surface area (TPSA) is 39.9 Å². The minimum absolute atomic E-state index is 0.164. The van der Waals surface area contributed by atoms with E-state index in [2.05, 4.69) is 67.4 Å². The number of thioether (sulfide) groups is 1. The average Bonchev–Trinajstić information content (AvgIpc) is 2.98. The zero-order chi connectivity index (χ0) is 18.7. The summed E-state index contributed by atoms with van der Waals surface area (Å²) in [6, 6.07) is 14.8. The molecule has 5 heteroatoms. The molecule has 0 radical (unpaired) electrons. The highest BCUT2D eigenvalue weighted by molar-refractivity contribution is 7.98. The van der Waals surface area contributed by atoms with Gasteiger partial charge in [0.2, 0.25) is 0 Å². The fourth-order valence-electron chi connectivity index (χ4n) is 2.81. The van der Waals surface area contributed by atoms with Gasteiger partial charge in [0.25, 0.3) is 0 Å². The first kappa shape index (κ1) is 18.5. The standard InChI is InChI=1S/C21H25N3OS/c1-14-6-9-18(10-7-14)13-26-21-23-22-20(24(21)5)17(4)25-19-11-8-15(2)12-16(19)3/h6-12,17H,13H2,1-5H3. The van der Waals surface area contributed by atoms with Crippen LogP contribution in [0, 0.1) is 20.8 Å². The van der Waals surface area contributed by atoms with Gasteiger partial charge in [-0.25, -0.2) is 0 Å². The van der Waals surface area contributed by atoms with Crippen LogP contribution in [0.5, 0.6) is 5.75 Å². The van der Waals surface area contributed by atoms with Crippen molar-refractivity contribution in [1.82, 2.24) is 14.8 Å². The highest BCUT2D eigenvalue weighted by Gasteiger charge is 2.18. The molecule has 0 aliphatic heterocycles. The van der Waals surface area contributed by atoms with E-state index in [1.807, 2.05) is 24.6 Å². The van der Waals surface area contributed by atoms with Gasteiger partial charge in [0.15, 0.2) is 17.1 Å². The van der Waals surface area contributed by atoms with Crippen LogP contribution in [0.25, 0.3) is 0 Å². The van der Waals surface area contributed by atoms with E-state index >= 15 is 0 Å². The quantitative estimate of drug-likeness (QED) is 0.563. The molecule has 2 aromatic carbocycles. The van der Waals surface area contributed by atoms with Crippen molar-refractivity contribution in [3.8, 4) is 5.75 Å². The van der Waals surface area contributed by atoms with Crippen LogP contribution >= 0.6 is 11.8 Å². The van der Waals surface area contributed by atoms with Crippen molar-refractivity contribution in [3.63, 3.8) is 0 Å². The Morgan fingerprint density at radius 1 is 1.00 bits per heavy atom. The molecule has 0 fully saturated rings. The normalized spacial score (nSPS) is 12.2. The Hall–Kier alpha value is -2.27. The number of ether oxygens (including phenoxy) is 1. The van der Waals surface area contributed by atoms with Crippen molar-refractivity contribution in [3.05, 3.63) is 70.5 Å². The lowest BCUT2D eigenvalue weighted by Gasteiger charge is -2.16. The summed E-state index contributed by atoms with van der Waals surface area (Å²) in [5, 5.41) is 9.60. The molecule has 0 bridgehead atoms. The summed E-state index contributed by atoms with van der Waals surface area (Å²) in [6.07, 6.45) is -0.164. The highest BCUT2D eigenvalue weighted by atomic mass is 32.2. The molecule has 26 heavy (non-hydrogen) atoms. The minimum atomic E-state index is -0.164. The second-order valence-corrected chi connectivity index (χ2v) is 7.65. The molecule has 0 aliphatic rings. The SMILES string of the molecule is Cc1ccc(CSc2nnc(C(C)Oc3ccc(C)cc3C)n2C)cc1. The molecular weight excluding hydrogens is 342 g/mol. The van der Waals surface area contributed by atoms with Crippen LogP contribution < -0.4 is 4.74 Å². The van der Waals surface area contributed by atoms with Crippen molar-refractivity contribution in [1.29, 1.82) is 0 Å². The van der Waals surface area contributed by atoms with Crippen LogP contribution in [-0.2, 0) is 12.8 Å². The number of benzene rings is 2. The Balaban J connectivity index is 1.68. The fraction of sp³-hybridized carbons (Fsp3) is 0.333. The maximum Gasteiger partial charge on any atom is 0.191 e. The molecule has 0 N–H and O–H groups in total. The lowest BCUT2D eigenvalue weighted by Crippen LogP contribution is -2.10. The number of hydrogen-bond acceptors (Lipinski definition) is 4. The van der Waals surface area contributed by atoms with Crippen LogP contribution in [0.2, 0.25) is 0 Å². The Bertz CT molecular complexity index is 887. The Morgan fingerprint density at radius 3 is 2.38 bits per heavy atom. The summed E-state index contributed by atoms with van der Waals surface area (Å²) in [4.78, 5) is 0. The van der Waals surface area contributed by atoms with E-state index in [0.717, 1.165) is 28.0 Å². The molecule has 3 aromatic rings. The molecule has 0 saturated heterocycles. The third-order valence-corrected chi connectivity index (χ3v) is 5.45. The summed E-state index contributed by atoms with van der Waals surface area (Å²) in [5.41, 5.74) is 4.92. The van der Waals surface area contributed by atoms with E-state index in [9.17, 15) is 0 Å². The van der Waals surface area contributed by atoms with Crippen molar-refractivity contribution in [2.75, 3.05) is 0 Å². The first-order valence-electron chi connectivity index (χ1n) is 8.75. The van der Waals surface area contributed by atoms with Gasteiger partial charge in [-0.1, -0.05) is 59.3 Å². The number of nitrogens with zero attached hydrogens (tertiary/aromatic N) is 3. The number of aromatic nitrogens is 3. The third kappa shape index (κ3) is 4.28. The predicted molar refractivity (Wildman–Crippen MR) is 107 cm³/mol. The molecule has 0 amide bonds. The van der Waals surface area contributed by atoms with Crippen LogP contribution in [0.15, 0.2) is 47.6 Å². The maximum absolute atomic E-state index is 6.12. The first-order valence-corrected chi connectivity index (χ1v) is 9.74. The number of hydrogen-bond donors (Lipinski definition) is 0. The second kappa shape index (κ2) is 7.96. The van der Waals surface area contributed by atoms with E-state index in [1.165, 1.54) is 16.7 Å². The van der Waals surface area contributed by atoms with Gasteiger partial charge < -0.3 is 9.30 Å². The van der Waals surface area contributed by atoms with Crippen LogP contribution in [0.3, 0.4) is 0 Å². The van der Waals surface area contributed by atoms with Gasteiger partial charge in [-0.2, -0.15) is 0 Å². The van der Waals surface area contributed by atoms with Gasteiger partial charge in [-0.15, -0.1) is 10.2 Å². The zero-order valence-corrected chi connectivity index (χ0v) is 16.8. The van der Waals surface area contributed by atoms with Gasteiger partial charge >= 0.3 is 0 Å². The van der Waals surface area contributed by atoms with E-state index in [4.69, 9.17) is 4.74 Å². The zero-order valence-electron chi connectivity index (χ0n) is 16.0. The van der Waals surface area contributed by atoms with E-state index in [0.29, 0.717) is 0 Å². The van der Waals surface area contributed by atoms with Gasteiger partial charge in [0.05, 0.1) is 0 Å². The minimum Gasteiger partial charge on any atom is -0.482 e. The molecular formula is C21H25N3OS. The van der Waals surface area contributed by atoms with Crippen molar-refractivity contribution in [2.24, 2.45) is 7.05 Å². The molecule has 1 atom stereocenters. The number of rotatable bonds is 6. The summed E-state index contributed by atoms with van der Waals surface area (Å²) in [5.74, 6) is 2.59. The lowest BCUT2D eigenvalue weighted by molar-refractivity contribution is 0.210. The molecule has 1 heterocycles. The van der Waals surface area contributed by atoms with Gasteiger partial charge in [0, 0.05) is 12.8 Å². The molecule has 0 aliphatic carbocycles. The van der Waals surface area contributed by atoms with Crippen LogP contribution in [0.1, 0.15) is 41.1 Å². The maximum atomic E-state index is 6.12. The fourth-order valence-corrected chi connectivity index (χ4v) is 3.69. The summed E-state index contributed by atoms with van der Waals surface area (Å²) in [6.45, 7) is 8.26. The van der Waals surface area contributed by atoms with Crippen molar-refractivity contribution in [2.45, 2.75) is 44.7 Å². The van der Waals surface area contributed by atoms with Gasteiger partial charge in [-0.3, -0.25) is 0 Å². The van der Waals surface area contributed by atoms with Crippen LogP contribution in [0.4, 0.5) is 0 Å². The molecule has 0 saturated carbocycles. The van der Waals surface area contributed by atoms with Crippen LogP contribution in [-0.4, -0.2) is 14.8 Å². The molecule has 3 rings (SSSR count). The van der Waals surface area contributed by atoms with Gasteiger partial charge in [0.1, 0.15) is 5.75 Å². The van der Waals surface area contributed by atoms with E-state index < -0.39 is 0 Å². The monoisotopic (exact) mass is 367 g/mol. The summed E-state index contributed by atoms with van der Waals surface area (Å²) < 4.78 is 8.14. The van der Waals surface area contributed by atoms with E-state index in [1.54, 1.807) is 11.8 Å². The smallest absolute Gasteiger partial charge is 0.191 e. The van der Waals surface area contributed by atoms with E-state index in [-0.39, 0.29) is 6.10 Å². The third-order valence-electron chi connectivity index (χ3n) is 4.35. The Kier molecular flexibility index (Phi) is 5.67.